The van der Waals surface area contributed by atoms with Gasteiger partial charge in [-0.05, 0) is 49.9 Å². The van der Waals surface area contributed by atoms with Gasteiger partial charge >= 0.3 is 17.1 Å². The number of hydrogen-bond acceptors (Lipinski definition) is 6. The summed E-state index contributed by atoms with van der Waals surface area (Å²) in [5, 5.41) is 25.5. The average molecular weight is 552 g/mol. The molecule has 0 N–H and O–H groups in total. The third-order valence-electron chi connectivity index (χ3n) is 6.08. The molecule has 1 radical (unpaired) electrons. The van der Waals surface area contributed by atoms with Crippen LogP contribution < -0.4 is 10.2 Å². The summed E-state index contributed by atoms with van der Waals surface area (Å²) < 4.78 is 0. The Hall–Kier alpha value is -2.96. The van der Waals surface area contributed by atoms with Gasteiger partial charge in [-0.1, -0.05) is 78.3 Å². The van der Waals surface area contributed by atoms with Crippen molar-refractivity contribution < 1.29 is 32.1 Å². The topological polar surface area (TPSA) is 91.2 Å². The van der Waals surface area contributed by atoms with Crippen molar-refractivity contribution in [2.45, 2.75) is 38.4 Å². The first kappa shape index (κ1) is 27.6. The molecule has 0 bridgehead atoms. The standard InChI is InChI=1S/C28H28ClN3O3.Cu/c1-19(28(34)35)30-26(20-10-3-2-4-11-20)22-13-6-8-15-24(22)31-27(33)25-16-9-17-32(25)18-21-12-5-7-14-23(21)29;/h2-8,10-15,19,25H,9,16-18H2,1H3,(H,31,33)(H,34,35);/q;+2/p-2/t19-,25?;/m1./s1. The zero-order valence-electron chi connectivity index (χ0n) is 19.7. The fourth-order valence-corrected chi connectivity index (χ4v) is 4.44. The minimum Gasteiger partial charge on any atom is -0.861 e. The molecule has 0 aliphatic carbocycles. The van der Waals surface area contributed by atoms with Gasteiger partial charge in [0.15, 0.2) is 0 Å². The van der Waals surface area contributed by atoms with Gasteiger partial charge in [0.25, 0.3) is 0 Å². The summed E-state index contributed by atoms with van der Waals surface area (Å²) in [4.78, 5) is 22.5. The largest absolute Gasteiger partial charge is 2.00 e. The molecule has 8 heteroatoms. The van der Waals surface area contributed by atoms with E-state index in [0.29, 0.717) is 28.5 Å². The number of nitrogens with zero attached hydrogens (tertiary/aromatic N) is 3. The Bertz CT molecular complexity index is 1250. The fourth-order valence-electron chi connectivity index (χ4n) is 4.25. The van der Waals surface area contributed by atoms with Crippen molar-refractivity contribution in [2.24, 2.45) is 9.98 Å². The Balaban J connectivity index is 0.00000361. The summed E-state index contributed by atoms with van der Waals surface area (Å²) in [7, 11) is 0. The molecule has 1 aliphatic rings. The van der Waals surface area contributed by atoms with Crippen LogP contribution in [0.2, 0.25) is 5.02 Å². The SMILES string of the molecule is C[C@@H](N=C(c1ccccc1)c1ccccc1N=C([O-])C1CCCN1Cc1ccccc1Cl)C(=O)[O-].[Cu+2]. The van der Waals surface area contributed by atoms with E-state index in [4.69, 9.17) is 11.6 Å². The second kappa shape index (κ2) is 12.8. The van der Waals surface area contributed by atoms with Gasteiger partial charge in [0.05, 0.1) is 23.4 Å². The number of rotatable bonds is 8. The zero-order valence-corrected chi connectivity index (χ0v) is 21.4. The molecule has 1 saturated heterocycles. The molecular weight excluding hydrogens is 525 g/mol. The summed E-state index contributed by atoms with van der Waals surface area (Å²) >= 11 is 6.34. The van der Waals surface area contributed by atoms with Gasteiger partial charge in [-0.2, -0.15) is 0 Å². The number of para-hydroxylation sites is 1. The Morgan fingerprint density at radius 2 is 1.69 bits per heavy atom. The number of aliphatic imine (C=N–C) groups is 2. The number of benzene rings is 3. The predicted molar refractivity (Wildman–Crippen MR) is 135 cm³/mol. The van der Waals surface area contributed by atoms with E-state index in [1.807, 2.05) is 60.7 Å². The Kier molecular flexibility index (Phi) is 9.85. The second-order valence-corrected chi connectivity index (χ2v) is 8.93. The normalized spacial score (nSPS) is 17.4. The van der Waals surface area contributed by atoms with Crippen molar-refractivity contribution in [2.75, 3.05) is 6.54 Å². The van der Waals surface area contributed by atoms with E-state index in [2.05, 4.69) is 14.9 Å². The van der Waals surface area contributed by atoms with Crippen molar-refractivity contribution >= 4 is 34.9 Å². The minimum atomic E-state index is -1.27. The number of aliphatic carboxylic acids is 1. The van der Waals surface area contributed by atoms with E-state index >= 15 is 0 Å². The van der Waals surface area contributed by atoms with Crippen LogP contribution in [0, 0.1) is 0 Å². The predicted octanol–water partition coefficient (Wildman–Crippen LogP) is 3.37. The van der Waals surface area contributed by atoms with E-state index in [0.717, 1.165) is 30.5 Å². The van der Waals surface area contributed by atoms with E-state index < -0.39 is 12.0 Å². The first-order valence-electron chi connectivity index (χ1n) is 11.6. The minimum absolute atomic E-state index is 0. The monoisotopic (exact) mass is 550 g/mol. The van der Waals surface area contributed by atoms with Crippen molar-refractivity contribution in [3.05, 3.63) is 101 Å². The number of hydrogen-bond donors (Lipinski definition) is 0. The summed E-state index contributed by atoms with van der Waals surface area (Å²) in [5.74, 6) is -1.51. The Labute approximate surface area is 226 Å². The summed E-state index contributed by atoms with van der Waals surface area (Å²) in [6.45, 7) is 2.83. The van der Waals surface area contributed by atoms with Crippen LogP contribution in [0.3, 0.4) is 0 Å². The Morgan fingerprint density at radius 3 is 2.42 bits per heavy atom. The third-order valence-corrected chi connectivity index (χ3v) is 6.45. The smallest absolute Gasteiger partial charge is 0.861 e. The van der Waals surface area contributed by atoms with Gasteiger partial charge in [0.2, 0.25) is 0 Å². The molecule has 1 fully saturated rings. The van der Waals surface area contributed by atoms with Crippen LogP contribution in [0.25, 0.3) is 0 Å². The van der Waals surface area contributed by atoms with Crippen LogP contribution in [0.15, 0.2) is 88.8 Å². The molecule has 3 aromatic rings. The van der Waals surface area contributed by atoms with Crippen LogP contribution in [-0.2, 0) is 28.4 Å². The molecular formula is C28H26ClCuN3O3. The van der Waals surface area contributed by atoms with Gasteiger partial charge in [-0.25, -0.2) is 0 Å². The van der Waals surface area contributed by atoms with Gasteiger partial charge in [-0.3, -0.25) is 14.9 Å². The zero-order chi connectivity index (χ0) is 24.8. The molecule has 189 valence electrons. The quantitative estimate of drug-likeness (QED) is 0.244. The molecule has 3 aromatic carbocycles. The maximum absolute atomic E-state index is 13.4. The molecule has 1 unspecified atom stereocenters. The van der Waals surface area contributed by atoms with Gasteiger partial charge in [0, 0.05) is 28.7 Å². The maximum atomic E-state index is 13.4. The summed E-state index contributed by atoms with van der Waals surface area (Å²) in [6, 6.07) is 22.7. The molecule has 0 aromatic heterocycles. The summed E-state index contributed by atoms with van der Waals surface area (Å²) in [5.41, 5.74) is 3.21. The van der Waals surface area contributed by atoms with Crippen LogP contribution in [-0.4, -0.2) is 41.1 Å². The average Bonchev–Trinajstić information content (AvgIpc) is 3.33. The van der Waals surface area contributed by atoms with Gasteiger partial charge in [-0.15, -0.1) is 0 Å². The van der Waals surface area contributed by atoms with Crippen LogP contribution >= 0.6 is 11.6 Å². The van der Waals surface area contributed by atoms with Gasteiger partial charge < -0.3 is 15.0 Å². The molecule has 4 rings (SSSR count). The maximum Gasteiger partial charge on any atom is 2.00 e. The number of carboxylic acids is 1. The number of carbonyl (C=O) groups is 1. The first-order valence-corrected chi connectivity index (χ1v) is 12.0. The van der Waals surface area contributed by atoms with Crippen LogP contribution in [0.1, 0.15) is 36.5 Å². The van der Waals surface area contributed by atoms with E-state index in [9.17, 15) is 15.0 Å². The molecule has 1 aliphatic heterocycles. The Morgan fingerprint density at radius 1 is 1.03 bits per heavy atom. The molecule has 6 nitrogen and oxygen atoms in total. The first-order chi connectivity index (χ1) is 16.9. The molecule has 0 spiro atoms. The number of likely N-dealkylation sites (tertiary alicyclic amines) is 1. The van der Waals surface area contributed by atoms with Crippen molar-refractivity contribution in [1.29, 1.82) is 0 Å². The molecule has 0 saturated carbocycles. The van der Waals surface area contributed by atoms with E-state index in [-0.39, 0.29) is 29.0 Å². The second-order valence-electron chi connectivity index (χ2n) is 8.53. The fraction of sp³-hybridized carbons (Fsp3) is 0.250. The van der Waals surface area contributed by atoms with Gasteiger partial charge in [0.1, 0.15) is 0 Å². The molecule has 1 heterocycles. The molecule has 36 heavy (non-hydrogen) atoms. The third kappa shape index (κ3) is 6.62. The van der Waals surface area contributed by atoms with Crippen molar-refractivity contribution in [3.8, 4) is 0 Å². The van der Waals surface area contributed by atoms with E-state index in [1.165, 1.54) is 6.92 Å². The number of carboxylic acid groups (broad SMARTS) is 1. The molecule has 0 amide bonds. The van der Waals surface area contributed by atoms with Crippen LogP contribution in [0.4, 0.5) is 5.69 Å². The summed E-state index contributed by atoms with van der Waals surface area (Å²) in [6.07, 6.45) is 1.62. The van der Waals surface area contributed by atoms with Crippen LogP contribution in [0.5, 0.6) is 0 Å². The van der Waals surface area contributed by atoms with E-state index in [1.54, 1.807) is 18.2 Å². The number of halogens is 1. The van der Waals surface area contributed by atoms with Crippen molar-refractivity contribution in [1.82, 2.24) is 4.90 Å². The van der Waals surface area contributed by atoms with Crippen molar-refractivity contribution in [3.63, 3.8) is 0 Å². The number of carbonyl (C=O) groups excluding carboxylic acids is 1. The molecule has 2 atom stereocenters.